The Labute approximate surface area is 883 Å². The number of hydrogen-bond donors (Lipinski definition) is 12. The molecule has 11 amide bonds. The maximum atomic E-state index is 12.2. The quantitative estimate of drug-likeness (QED) is 0.0194. The van der Waals surface area contributed by atoms with Crippen molar-refractivity contribution in [1.82, 2.24) is 35.8 Å². The number of benzene rings is 11. The summed E-state index contributed by atoms with van der Waals surface area (Å²) in [5, 5.41) is 27.6. The van der Waals surface area contributed by atoms with Gasteiger partial charge in [0.15, 0.2) is 0 Å². The molecule has 1 saturated carbocycles. The molecule has 11 aromatic rings. The molecule has 804 valence electrons. The van der Waals surface area contributed by atoms with E-state index >= 15 is 0 Å². The number of para-hydroxylation sites is 10. The Balaban J connectivity index is 0.000000251. The summed E-state index contributed by atoms with van der Waals surface area (Å²) in [5.74, 6) is 0.923. The number of aryl methyl sites for hydroxylation is 1. The van der Waals surface area contributed by atoms with Gasteiger partial charge in [0.1, 0.15) is 0 Å². The molecule has 33 nitrogen and oxygen atoms in total. The zero-order valence-corrected chi connectivity index (χ0v) is 90.3. The van der Waals surface area contributed by atoms with Crippen molar-refractivity contribution >= 4 is 139 Å². The van der Waals surface area contributed by atoms with E-state index in [4.69, 9.17) is 0 Å². The zero-order chi connectivity index (χ0) is 108. The highest BCUT2D eigenvalue weighted by Gasteiger charge is 2.34. The molecule has 0 radical (unpaired) electrons. The maximum absolute atomic E-state index is 12.2. The molecule has 16 rings (SSSR count). The number of anilines is 10. The number of nitrogens with zero attached hydrogens (tertiary/aromatic N) is 5. The third-order valence-electron chi connectivity index (χ3n) is 22.5. The summed E-state index contributed by atoms with van der Waals surface area (Å²) < 4.78 is 106. The smallest absolute Gasteiger partial charge is 0.411 e. The van der Waals surface area contributed by atoms with E-state index in [0.717, 1.165) is 149 Å². The van der Waals surface area contributed by atoms with E-state index in [9.17, 15) is 67.2 Å². The van der Waals surface area contributed by atoms with Crippen LogP contribution in [0.15, 0.2) is 328 Å². The summed E-state index contributed by atoms with van der Waals surface area (Å²) in [6, 6.07) is 101. The molecule has 3 heterocycles. The predicted octanol–water partition coefficient (Wildman–Crippen LogP) is 20.8. The Morgan fingerprint density at radius 1 is 0.403 bits per heavy atom. The summed E-state index contributed by atoms with van der Waals surface area (Å²) in [4.78, 5) is 82.8. The van der Waals surface area contributed by atoms with Gasteiger partial charge >= 0.3 is 40.4 Å². The van der Waals surface area contributed by atoms with Crippen molar-refractivity contribution in [2.24, 2.45) is 0 Å². The standard InChI is InChI=1S/C13H20N2O2S.C13H17NO.C12H16N2O.C11H16N2O.C10H14N2O.C10H15NO2S.C10H11NO.C9H12N2O2S.C9H12N2O.C8H9NO2.C7H9NO2S/c1-14(13-7-3-2-4-8-13)18(16,17)12-11-15-9-5-6-10-15;1-2-9-14-13(15)12-8-7-10-5-3-4-6-11(10)12;15-12(14-11-8-4-5-9-11)13-10-6-2-1-3-7-10;1-2-3-9-12-11(14)13-10-7-5-4-6-8-10;1-2-8-11-10(13)12-9-6-4-3-5-7-9;1-2-3-9-14(12,13)11-10-7-5-4-6-8-10;12-10-7-4-8-11(10)9-5-2-1-3-6-9;1-10-7-8-11(14(10,12)13)9-5-3-2-4-6-9;1-2-10-9(12)11-8-6-4-3-5-7-8;1-11-8(10)9-7-5-3-2-4-6-7;1-11(9,10)8-7-5-3-2-4-6-7/h2-4,7-8H,5-6,9-12H2,1H3;3-6,12H,2,7-9H2,1H3,(H,14,15);1-3,6-7,11H,4-5,8-9H2,(H2,13,14,15);4-8H,2-3,9H2,1H3,(H2,12,13,14);3-7H,2,8H2,1H3,(H2,11,12,13);4-8,11H,2-3,9H2,1H3;1-3,5-6H,4,7-8H2;2-6H,7-8H2,1H3;3-7H,2H2,1H3,(H2,10,11,12);2-6H,1H3,(H,9,10);2-6,8H,1H3. The number of rotatable bonds is 29. The fourth-order valence-corrected chi connectivity index (χ4v) is 19.1. The number of likely N-dealkylation sites (tertiary alicyclic amines) is 1. The van der Waals surface area contributed by atoms with Gasteiger partial charge in [-0.3, -0.25) is 33.0 Å². The zero-order valence-electron chi connectivity index (χ0n) is 87.0. The number of carbonyl (C=O) groups excluding carboxylic acids is 7. The molecule has 1 atom stereocenters. The van der Waals surface area contributed by atoms with Crippen molar-refractivity contribution < 1.29 is 72.0 Å². The number of unbranched alkanes of at least 4 members (excludes halogenated alkanes) is 2. The minimum Gasteiger partial charge on any atom is -0.453 e. The molecule has 3 aliphatic heterocycles. The number of urea groups is 4. The average Bonchev–Trinajstić information content (AvgIpc) is 1.64. The minimum absolute atomic E-state index is 0.0897. The van der Waals surface area contributed by atoms with Crippen molar-refractivity contribution in [3.8, 4) is 0 Å². The first kappa shape index (κ1) is 123. The van der Waals surface area contributed by atoms with Crippen molar-refractivity contribution in [3.63, 3.8) is 0 Å². The van der Waals surface area contributed by atoms with Gasteiger partial charge < -0.3 is 62.4 Å². The molecule has 37 heteroatoms. The number of sulfonamides is 3. The Kier molecular flexibility index (Phi) is 58.3. The summed E-state index contributed by atoms with van der Waals surface area (Å²) >= 11 is 0. The number of carbonyl (C=O) groups is 7. The van der Waals surface area contributed by atoms with E-state index in [2.05, 4.69) is 98.2 Å². The number of methoxy groups -OCH3 is 1. The second-order valence-corrected chi connectivity index (χ2v) is 42.1. The van der Waals surface area contributed by atoms with Crippen LogP contribution in [-0.2, 0) is 61.0 Å². The molecular weight excluding hydrogens is 1970 g/mol. The number of hydrogen-bond acceptors (Lipinski definition) is 17. The second-order valence-electron chi connectivity index (χ2n) is 34.5. The monoisotopic (exact) mass is 2120 g/mol. The van der Waals surface area contributed by atoms with Gasteiger partial charge in [-0.05, 0) is 223 Å². The lowest BCUT2D eigenvalue weighted by atomic mass is 10.0. The molecule has 11 aromatic carbocycles. The number of fused-ring (bicyclic) bond motifs is 1. The first-order chi connectivity index (χ1) is 71.8. The van der Waals surface area contributed by atoms with Crippen LogP contribution in [-0.4, -0.2) is 195 Å². The van der Waals surface area contributed by atoms with Crippen LogP contribution in [0.1, 0.15) is 148 Å². The number of amides is 11. The fourth-order valence-electron chi connectivity index (χ4n) is 14.7. The Hall–Kier alpha value is -14.4. The molecule has 2 aliphatic carbocycles. The Morgan fingerprint density at radius 2 is 0.805 bits per heavy atom. The molecule has 1 unspecified atom stereocenters. The topological polar surface area (TPSA) is 426 Å². The van der Waals surface area contributed by atoms with Crippen molar-refractivity contribution in [2.45, 2.75) is 149 Å². The Morgan fingerprint density at radius 3 is 1.23 bits per heavy atom. The van der Waals surface area contributed by atoms with E-state index in [0.29, 0.717) is 63.0 Å². The largest absolute Gasteiger partial charge is 0.453 e. The van der Waals surface area contributed by atoms with Crippen LogP contribution in [0.25, 0.3) is 0 Å². The summed E-state index contributed by atoms with van der Waals surface area (Å²) in [6.07, 6.45) is 17.1. The number of nitrogens with one attached hydrogen (secondary N) is 12. The normalized spacial score (nSPS) is 13.9. The van der Waals surface area contributed by atoms with E-state index in [1.54, 1.807) is 86.9 Å². The second kappa shape index (κ2) is 70.5. The van der Waals surface area contributed by atoms with Crippen molar-refractivity contribution in [3.05, 3.63) is 339 Å². The first-order valence-electron chi connectivity index (χ1n) is 50.4. The van der Waals surface area contributed by atoms with Crippen LogP contribution < -0.4 is 76.1 Å². The highest BCUT2D eigenvalue weighted by atomic mass is 32.2. The molecule has 149 heavy (non-hydrogen) atoms. The maximum Gasteiger partial charge on any atom is 0.411 e. The molecule has 4 fully saturated rings. The lowest BCUT2D eigenvalue weighted by Gasteiger charge is -2.21. The molecular formula is C112H151N17O16S4. The molecule has 5 aliphatic rings. The minimum atomic E-state index is -3.25. The van der Waals surface area contributed by atoms with Crippen molar-refractivity contribution in [1.29, 1.82) is 0 Å². The van der Waals surface area contributed by atoms with Crippen LogP contribution in [0.5, 0.6) is 0 Å². The van der Waals surface area contributed by atoms with Gasteiger partial charge in [-0.1, -0.05) is 260 Å². The lowest BCUT2D eigenvalue weighted by molar-refractivity contribution is -0.122. The lowest BCUT2D eigenvalue weighted by Crippen LogP contribution is -2.36. The summed E-state index contributed by atoms with van der Waals surface area (Å²) in [5.41, 5.74) is 10.3. The van der Waals surface area contributed by atoms with Crippen LogP contribution in [0.2, 0.25) is 0 Å². The van der Waals surface area contributed by atoms with Gasteiger partial charge in [0.2, 0.25) is 41.9 Å². The molecule has 0 aromatic heterocycles. The van der Waals surface area contributed by atoms with Crippen LogP contribution >= 0.6 is 0 Å². The van der Waals surface area contributed by atoms with Crippen LogP contribution in [0, 0.1) is 0 Å². The highest BCUT2D eigenvalue weighted by Crippen LogP contribution is 2.33. The van der Waals surface area contributed by atoms with E-state index in [1.807, 2.05) is 268 Å². The summed E-state index contributed by atoms with van der Waals surface area (Å²) in [7, 11) is -8.19. The van der Waals surface area contributed by atoms with Crippen LogP contribution in [0.4, 0.5) is 80.8 Å². The third kappa shape index (κ3) is 51.7. The molecule has 0 spiro atoms. The Bertz CT molecular complexity index is 6100. The predicted molar refractivity (Wildman–Crippen MR) is 607 cm³/mol. The fraction of sp³-hybridized carbons (Fsp3) is 0.348. The highest BCUT2D eigenvalue weighted by molar-refractivity contribution is 7.93. The number of likely N-dealkylation sites (N-methyl/N-ethyl adjacent to an activating group) is 1. The van der Waals surface area contributed by atoms with Gasteiger partial charge in [0.25, 0.3) is 0 Å². The average molecular weight is 2120 g/mol. The van der Waals surface area contributed by atoms with Gasteiger partial charge in [-0.15, -0.1) is 0 Å². The van der Waals surface area contributed by atoms with Gasteiger partial charge in [0.05, 0.1) is 42.2 Å². The molecule has 0 bridgehead atoms. The van der Waals surface area contributed by atoms with Crippen molar-refractivity contribution in [2.75, 3.05) is 154 Å². The molecule has 3 saturated heterocycles. The number of ether oxygens (including phenoxy) is 1. The molecule has 12 N–H and O–H groups in total. The van der Waals surface area contributed by atoms with Crippen LogP contribution in [0.3, 0.4) is 0 Å². The van der Waals surface area contributed by atoms with E-state index in [1.165, 1.54) is 56.8 Å². The summed E-state index contributed by atoms with van der Waals surface area (Å²) in [6.45, 7) is 17.6. The SMILES string of the molecule is CCCCNC(=O)Nc1ccccc1.CCCCS(=O)(=O)Nc1ccccc1.CCCNC(=O)C1CCc2ccccc21.CCCNC(=O)Nc1ccccc1.CCNC(=O)Nc1ccccc1.CN(c1ccccc1)S(=O)(=O)CCN1CCCC1.CN1CCN(c2ccccc2)S1(=O)=O.COC(=O)Nc1ccccc1.CS(=O)(=O)Nc1ccccc1.O=C(Nc1ccccc1)NC1CCCC1.O=C1CCCN1c1ccccc1. The van der Waals surface area contributed by atoms with E-state index in [-0.39, 0.29) is 53.4 Å². The first-order valence-corrected chi connectivity index (χ1v) is 57.0. The van der Waals surface area contributed by atoms with Gasteiger partial charge in [-0.2, -0.15) is 12.7 Å². The van der Waals surface area contributed by atoms with Gasteiger partial charge in [0, 0.05) is 124 Å². The third-order valence-corrected chi connectivity index (χ3v) is 28.1. The van der Waals surface area contributed by atoms with E-state index < -0.39 is 46.4 Å². The van der Waals surface area contributed by atoms with Gasteiger partial charge in [-0.25, -0.2) is 49.2 Å².